The minimum absolute atomic E-state index is 0.0843. The van der Waals surface area contributed by atoms with Crippen LogP contribution in [-0.4, -0.2) is 9.97 Å². The van der Waals surface area contributed by atoms with Crippen LogP contribution in [0.3, 0.4) is 0 Å². The Morgan fingerprint density at radius 3 is 1.80 bits per heavy atom. The summed E-state index contributed by atoms with van der Waals surface area (Å²) in [5.41, 5.74) is 13.9. The molecule has 218 valence electrons. The van der Waals surface area contributed by atoms with Crippen LogP contribution in [0.5, 0.6) is 0 Å². The number of benzene rings is 6. The van der Waals surface area contributed by atoms with Crippen LogP contribution in [0.4, 0.5) is 0 Å². The van der Waals surface area contributed by atoms with Crippen molar-refractivity contribution in [1.29, 1.82) is 0 Å². The molecule has 3 heteroatoms. The Morgan fingerprint density at radius 2 is 1.07 bits per heavy atom. The van der Waals surface area contributed by atoms with Gasteiger partial charge in [-0.25, -0.2) is 9.97 Å². The average Bonchev–Trinajstić information content (AvgIpc) is 3.61. The van der Waals surface area contributed by atoms with E-state index < -0.39 is 0 Å². The lowest BCUT2D eigenvalue weighted by atomic mass is 9.81. The third-order valence-electron chi connectivity index (χ3n) is 9.53. The first-order valence-electron chi connectivity index (χ1n) is 15.8. The SMILES string of the molecule is CC1(C)c2ccccc2-c2ccc(-c3ccc(-c4nc(-c5ccccc5)cc(-c5ccccc5)n4)c4oc5ccccc5c34)cc21. The summed E-state index contributed by atoms with van der Waals surface area (Å²) in [4.78, 5) is 10.3. The second-order valence-corrected chi connectivity index (χ2v) is 12.6. The van der Waals surface area contributed by atoms with Crippen molar-refractivity contribution in [3.8, 4) is 56.2 Å². The van der Waals surface area contributed by atoms with Gasteiger partial charge in [0.15, 0.2) is 5.82 Å². The number of aromatic nitrogens is 2. The van der Waals surface area contributed by atoms with Crippen LogP contribution < -0.4 is 0 Å². The van der Waals surface area contributed by atoms with Crippen LogP contribution in [-0.2, 0) is 5.41 Å². The van der Waals surface area contributed by atoms with Crippen LogP contribution in [0, 0.1) is 0 Å². The van der Waals surface area contributed by atoms with E-state index in [1.165, 1.54) is 27.8 Å². The molecule has 0 atom stereocenters. The highest BCUT2D eigenvalue weighted by Crippen LogP contribution is 2.50. The number of hydrogen-bond donors (Lipinski definition) is 0. The molecule has 8 aromatic rings. The summed E-state index contributed by atoms with van der Waals surface area (Å²) >= 11 is 0. The van der Waals surface area contributed by atoms with E-state index in [9.17, 15) is 0 Å². The average molecular weight is 591 g/mol. The highest BCUT2D eigenvalue weighted by Gasteiger charge is 2.35. The molecule has 0 N–H and O–H groups in total. The van der Waals surface area contributed by atoms with Crippen LogP contribution in [0.25, 0.3) is 78.1 Å². The summed E-state index contributed by atoms with van der Waals surface area (Å²) in [7, 11) is 0. The lowest BCUT2D eigenvalue weighted by molar-refractivity contribution is 0.660. The van der Waals surface area contributed by atoms with Crippen molar-refractivity contribution in [2.45, 2.75) is 19.3 Å². The van der Waals surface area contributed by atoms with Gasteiger partial charge in [-0.05, 0) is 57.6 Å². The predicted molar refractivity (Wildman–Crippen MR) is 189 cm³/mol. The maximum absolute atomic E-state index is 6.70. The van der Waals surface area contributed by atoms with Gasteiger partial charge in [0.1, 0.15) is 11.2 Å². The Morgan fingerprint density at radius 1 is 0.478 bits per heavy atom. The molecule has 9 rings (SSSR count). The van der Waals surface area contributed by atoms with Gasteiger partial charge in [-0.2, -0.15) is 0 Å². The normalized spacial score (nSPS) is 13.2. The lowest BCUT2D eigenvalue weighted by Gasteiger charge is -2.22. The smallest absolute Gasteiger partial charge is 0.164 e. The molecular weight excluding hydrogens is 560 g/mol. The molecule has 0 fully saturated rings. The van der Waals surface area contributed by atoms with Crippen molar-refractivity contribution in [2.24, 2.45) is 0 Å². The van der Waals surface area contributed by atoms with E-state index in [1.54, 1.807) is 0 Å². The number of nitrogens with zero attached hydrogens (tertiary/aromatic N) is 2. The molecule has 0 amide bonds. The number of furan rings is 1. The number of fused-ring (bicyclic) bond motifs is 6. The van der Waals surface area contributed by atoms with Gasteiger partial charge in [0.05, 0.1) is 17.0 Å². The fourth-order valence-electron chi connectivity index (χ4n) is 7.20. The molecule has 3 nitrogen and oxygen atoms in total. The summed E-state index contributed by atoms with van der Waals surface area (Å²) in [6.07, 6.45) is 0. The Kier molecular flexibility index (Phi) is 5.85. The van der Waals surface area contributed by atoms with Crippen LogP contribution in [0.2, 0.25) is 0 Å². The van der Waals surface area contributed by atoms with Crippen molar-refractivity contribution in [2.75, 3.05) is 0 Å². The summed E-state index contributed by atoms with van der Waals surface area (Å²) < 4.78 is 6.70. The molecule has 0 bridgehead atoms. The second-order valence-electron chi connectivity index (χ2n) is 12.6. The molecule has 2 aromatic heterocycles. The quantitative estimate of drug-likeness (QED) is 0.205. The van der Waals surface area contributed by atoms with Gasteiger partial charge in [0.25, 0.3) is 0 Å². The van der Waals surface area contributed by atoms with E-state index in [4.69, 9.17) is 14.4 Å². The molecule has 0 spiro atoms. The van der Waals surface area contributed by atoms with Crippen molar-refractivity contribution in [3.05, 3.63) is 157 Å². The molecule has 0 radical (unpaired) electrons. The molecule has 46 heavy (non-hydrogen) atoms. The first-order chi connectivity index (χ1) is 22.6. The van der Waals surface area contributed by atoms with E-state index in [-0.39, 0.29) is 5.41 Å². The van der Waals surface area contributed by atoms with E-state index in [0.29, 0.717) is 5.82 Å². The van der Waals surface area contributed by atoms with E-state index >= 15 is 0 Å². The number of para-hydroxylation sites is 1. The lowest BCUT2D eigenvalue weighted by Crippen LogP contribution is -2.14. The zero-order valence-corrected chi connectivity index (χ0v) is 25.7. The minimum atomic E-state index is -0.0843. The Balaban J connectivity index is 1.28. The Hall–Kier alpha value is -5.80. The fraction of sp³-hybridized carbons (Fsp3) is 0.0698. The largest absolute Gasteiger partial charge is 0.455 e. The van der Waals surface area contributed by atoms with Crippen LogP contribution in [0.1, 0.15) is 25.0 Å². The molecule has 0 unspecified atom stereocenters. The number of rotatable bonds is 4. The van der Waals surface area contributed by atoms with E-state index in [0.717, 1.165) is 55.6 Å². The summed E-state index contributed by atoms with van der Waals surface area (Å²) in [6, 6.07) is 51.0. The molecule has 0 aliphatic heterocycles. The monoisotopic (exact) mass is 590 g/mol. The van der Waals surface area contributed by atoms with E-state index in [1.807, 2.05) is 48.5 Å². The molecule has 1 aliphatic rings. The maximum atomic E-state index is 6.70. The third kappa shape index (κ3) is 4.05. The van der Waals surface area contributed by atoms with Crippen molar-refractivity contribution in [3.63, 3.8) is 0 Å². The van der Waals surface area contributed by atoms with Gasteiger partial charge in [0, 0.05) is 27.3 Å². The van der Waals surface area contributed by atoms with Gasteiger partial charge in [-0.15, -0.1) is 0 Å². The summed E-state index contributed by atoms with van der Waals surface area (Å²) in [5.74, 6) is 0.640. The third-order valence-corrected chi connectivity index (χ3v) is 9.53. The first kappa shape index (κ1) is 26.6. The van der Waals surface area contributed by atoms with Gasteiger partial charge in [-0.1, -0.05) is 135 Å². The minimum Gasteiger partial charge on any atom is -0.455 e. The number of hydrogen-bond acceptors (Lipinski definition) is 3. The van der Waals surface area contributed by atoms with Gasteiger partial charge >= 0.3 is 0 Å². The van der Waals surface area contributed by atoms with Crippen LogP contribution in [0.15, 0.2) is 150 Å². The maximum Gasteiger partial charge on any atom is 0.164 e. The van der Waals surface area contributed by atoms with Gasteiger partial charge < -0.3 is 4.42 Å². The molecule has 2 heterocycles. The molecule has 0 saturated carbocycles. The highest BCUT2D eigenvalue weighted by molar-refractivity contribution is 6.16. The summed E-state index contributed by atoms with van der Waals surface area (Å²) in [5, 5.41) is 2.16. The topological polar surface area (TPSA) is 38.9 Å². The molecule has 1 aliphatic carbocycles. The van der Waals surface area contributed by atoms with E-state index in [2.05, 4.69) is 111 Å². The van der Waals surface area contributed by atoms with Crippen molar-refractivity contribution >= 4 is 21.9 Å². The predicted octanol–water partition coefficient (Wildman–Crippen LogP) is 11.4. The standard InChI is InChI=1S/C43H30N2O/c1-43(2)35-19-11-9-17-31(35)32-22-21-29(25-36(32)43)30-23-24-34(41-40(30)33-18-10-12-20-39(33)46-41)42-44-37(27-13-5-3-6-14-27)26-38(45-42)28-15-7-4-8-16-28/h3-26H,1-2H3. The molecule has 6 aromatic carbocycles. The first-order valence-corrected chi connectivity index (χ1v) is 15.8. The Bertz CT molecular complexity index is 2380. The molecular formula is C43H30N2O. The molecule has 0 saturated heterocycles. The summed E-state index contributed by atoms with van der Waals surface area (Å²) in [6.45, 7) is 4.66. The zero-order valence-electron chi connectivity index (χ0n) is 25.7. The van der Waals surface area contributed by atoms with Gasteiger partial charge in [0.2, 0.25) is 0 Å². The zero-order chi connectivity index (χ0) is 30.8. The van der Waals surface area contributed by atoms with Crippen molar-refractivity contribution < 1.29 is 4.42 Å². The second kappa shape index (κ2) is 10.1. The van der Waals surface area contributed by atoms with Crippen LogP contribution >= 0.6 is 0 Å². The fourth-order valence-corrected chi connectivity index (χ4v) is 7.20. The van der Waals surface area contributed by atoms with Gasteiger partial charge in [-0.3, -0.25) is 0 Å². The van der Waals surface area contributed by atoms with Crippen molar-refractivity contribution in [1.82, 2.24) is 9.97 Å². The highest BCUT2D eigenvalue weighted by atomic mass is 16.3. The Labute approximate surface area is 267 Å².